The molecule has 4 rings (SSSR count). The second-order valence-corrected chi connectivity index (χ2v) is 9.07. The first-order valence-electron chi connectivity index (χ1n) is 12.3. The van der Waals surface area contributed by atoms with Crippen LogP contribution < -0.4 is 4.74 Å². The minimum Gasteiger partial charge on any atom is -0.462 e. The van der Waals surface area contributed by atoms with Gasteiger partial charge in [0, 0.05) is 26.6 Å². The number of benzene rings is 2. The van der Waals surface area contributed by atoms with Gasteiger partial charge < -0.3 is 39.0 Å². The second-order valence-electron chi connectivity index (χ2n) is 9.07. The van der Waals surface area contributed by atoms with Crippen molar-refractivity contribution in [3.8, 4) is 5.75 Å². The average Bonchev–Trinajstić information content (AvgIpc) is 3.41. The predicted octanol–water partition coefficient (Wildman–Crippen LogP) is 2.33. The number of rotatable bonds is 10. The van der Waals surface area contributed by atoms with Crippen molar-refractivity contribution in [2.45, 2.75) is 76.2 Å². The van der Waals surface area contributed by atoms with Crippen LogP contribution in [-0.4, -0.2) is 72.6 Å². The first kappa shape index (κ1) is 26.0. The summed E-state index contributed by atoms with van der Waals surface area (Å²) in [6.07, 6.45) is -2.25. The number of aliphatic hydroxyl groups is 3. The molecule has 8 heteroatoms. The van der Waals surface area contributed by atoms with Gasteiger partial charge in [0.1, 0.15) is 30.2 Å². The van der Waals surface area contributed by atoms with E-state index in [1.807, 2.05) is 18.2 Å². The van der Waals surface area contributed by atoms with Crippen molar-refractivity contribution in [3.05, 3.63) is 64.7 Å². The van der Waals surface area contributed by atoms with Crippen molar-refractivity contribution in [2.24, 2.45) is 0 Å². The lowest BCUT2D eigenvalue weighted by Gasteiger charge is -2.41. The zero-order chi connectivity index (χ0) is 24.8. The number of hydrogen-bond acceptors (Lipinski definition) is 8. The summed E-state index contributed by atoms with van der Waals surface area (Å²) in [7, 11) is 1.40. The third-order valence-electron chi connectivity index (χ3n) is 6.62. The summed E-state index contributed by atoms with van der Waals surface area (Å²) in [5.41, 5.74) is 4.17. The van der Waals surface area contributed by atoms with Crippen LogP contribution in [0, 0.1) is 0 Å². The normalized spacial score (nSPS) is 28.8. The molecule has 2 aromatic rings. The van der Waals surface area contributed by atoms with E-state index in [9.17, 15) is 15.3 Å². The third kappa shape index (κ3) is 6.40. The van der Waals surface area contributed by atoms with Crippen LogP contribution in [0.3, 0.4) is 0 Å². The van der Waals surface area contributed by atoms with E-state index in [-0.39, 0.29) is 12.9 Å². The van der Waals surface area contributed by atoms with E-state index < -0.39 is 30.7 Å². The molecule has 2 fully saturated rings. The minimum absolute atomic E-state index is 0.203. The van der Waals surface area contributed by atoms with E-state index >= 15 is 0 Å². The van der Waals surface area contributed by atoms with E-state index in [0.29, 0.717) is 25.4 Å². The maximum absolute atomic E-state index is 10.7. The maximum Gasteiger partial charge on any atom is 0.229 e. The predicted molar refractivity (Wildman–Crippen MR) is 128 cm³/mol. The standard InChI is InChI=1S/C27H36O8/c1-3-17-6-8-18(9-7-17)13-20-11-10-19(16-33-23-5-4-12-32-23)14-21(20)34-27-25(30)24(29)26(31-2)22(15-28)35-27/h6-11,14,22-30H,3-5,12-13,15-16H2,1-2H3/t22-,23?,24-,25-,26-,27-/m1/s1. The Hall–Kier alpha value is -2.04. The van der Waals surface area contributed by atoms with Crippen LogP contribution in [0.5, 0.6) is 5.75 Å². The number of aliphatic hydroxyl groups excluding tert-OH is 3. The van der Waals surface area contributed by atoms with Gasteiger partial charge in [-0.2, -0.15) is 0 Å². The van der Waals surface area contributed by atoms with Crippen molar-refractivity contribution in [1.29, 1.82) is 0 Å². The molecule has 2 saturated heterocycles. The van der Waals surface area contributed by atoms with Gasteiger partial charge >= 0.3 is 0 Å². The zero-order valence-electron chi connectivity index (χ0n) is 20.3. The molecule has 2 aliphatic rings. The van der Waals surface area contributed by atoms with Gasteiger partial charge in [-0.3, -0.25) is 0 Å². The number of ether oxygens (including phenoxy) is 5. The van der Waals surface area contributed by atoms with Gasteiger partial charge in [0.2, 0.25) is 6.29 Å². The van der Waals surface area contributed by atoms with Gasteiger partial charge in [-0.1, -0.05) is 43.3 Å². The van der Waals surface area contributed by atoms with Crippen LogP contribution in [0.15, 0.2) is 42.5 Å². The molecule has 0 saturated carbocycles. The molecule has 1 unspecified atom stereocenters. The first-order chi connectivity index (χ1) is 17.0. The van der Waals surface area contributed by atoms with Crippen molar-refractivity contribution in [1.82, 2.24) is 0 Å². The van der Waals surface area contributed by atoms with Crippen molar-refractivity contribution < 1.29 is 39.0 Å². The molecular formula is C27H36O8. The topological polar surface area (TPSA) is 107 Å². The highest BCUT2D eigenvalue weighted by molar-refractivity contribution is 5.41. The summed E-state index contributed by atoms with van der Waals surface area (Å²) < 4.78 is 28.6. The lowest BCUT2D eigenvalue weighted by Crippen LogP contribution is -2.60. The summed E-state index contributed by atoms with van der Waals surface area (Å²) >= 11 is 0. The van der Waals surface area contributed by atoms with Crippen LogP contribution in [0.1, 0.15) is 42.0 Å². The maximum atomic E-state index is 10.7. The Balaban J connectivity index is 1.56. The van der Waals surface area contributed by atoms with Crippen molar-refractivity contribution in [2.75, 3.05) is 20.3 Å². The summed E-state index contributed by atoms with van der Waals surface area (Å²) in [5.74, 6) is 0.516. The molecule has 0 spiro atoms. The molecule has 0 radical (unpaired) electrons. The molecule has 6 atom stereocenters. The number of aryl methyl sites for hydroxylation is 1. The van der Waals surface area contributed by atoms with Gasteiger partial charge in [0.25, 0.3) is 0 Å². The molecule has 2 aliphatic heterocycles. The molecule has 0 bridgehead atoms. The van der Waals surface area contributed by atoms with Gasteiger partial charge in [-0.05, 0) is 41.2 Å². The van der Waals surface area contributed by atoms with E-state index in [2.05, 4.69) is 31.2 Å². The molecule has 35 heavy (non-hydrogen) atoms. The van der Waals surface area contributed by atoms with Gasteiger partial charge in [0.05, 0.1) is 13.2 Å². The Morgan fingerprint density at radius 1 is 1.00 bits per heavy atom. The monoisotopic (exact) mass is 488 g/mol. The lowest BCUT2D eigenvalue weighted by molar-refractivity contribution is -0.282. The van der Waals surface area contributed by atoms with E-state index in [0.717, 1.165) is 36.0 Å². The molecule has 3 N–H and O–H groups in total. The van der Waals surface area contributed by atoms with Gasteiger partial charge in [0.15, 0.2) is 6.29 Å². The third-order valence-corrected chi connectivity index (χ3v) is 6.62. The molecule has 8 nitrogen and oxygen atoms in total. The highest BCUT2D eigenvalue weighted by Gasteiger charge is 2.46. The highest BCUT2D eigenvalue weighted by atomic mass is 16.7. The smallest absolute Gasteiger partial charge is 0.229 e. The van der Waals surface area contributed by atoms with Crippen molar-refractivity contribution in [3.63, 3.8) is 0 Å². The Morgan fingerprint density at radius 2 is 1.74 bits per heavy atom. The number of methoxy groups -OCH3 is 1. The minimum atomic E-state index is -1.36. The van der Waals surface area contributed by atoms with Crippen LogP contribution >= 0.6 is 0 Å². The second kappa shape index (κ2) is 12.3. The molecule has 2 aromatic carbocycles. The summed E-state index contributed by atoms with van der Waals surface area (Å²) in [5, 5.41) is 30.9. The first-order valence-corrected chi connectivity index (χ1v) is 12.3. The fourth-order valence-electron chi connectivity index (χ4n) is 4.49. The molecule has 0 aromatic heterocycles. The molecule has 0 amide bonds. The van der Waals surface area contributed by atoms with Crippen LogP contribution in [-0.2, 0) is 38.4 Å². The summed E-state index contributed by atoms with van der Waals surface area (Å²) in [6, 6.07) is 14.2. The lowest BCUT2D eigenvalue weighted by atomic mass is 9.98. The van der Waals surface area contributed by atoms with Crippen molar-refractivity contribution >= 4 is 0 Å². The van der Waals surface area contributed by atoms with Crippen LogP contribution in [0.4, 0.5) is 0 Å². The van der Waals surface area contributed by atoms with E-state index in [4.69, 9.17) is 23.7 Å². The van der Waals surface area contributed by atoms with E-state index in [1.165, 1.54) is 12.7 Å². The summed E-state index contributed by atoms with van der Waals surface area (Å²) in [4.78, 5) is 0. The van der Waals surface area contributed by atoms with E-state index in [1.54, 1.807) is 0 Å². The Bertz CT molecular complexity index is 925. The average molecular weight is 489 g/mol. The van der Waals surface area contributed by atoms with Gasteiger partial charge in [-0.25, -0.2) is 0 Å². The Labute approximate surface area is 206 Å². The molecule has 2 heterocycles. The molecular weight excluding hydrogens is 452 g/mol. The number of hydrogen-bond donors (Lipinski definition) is 3. The quantitative estimate of drug-likeness (QED) is 0.468. The molecule has 192 valence electrons. The largest absolute Gasteiger partial charge is 0.462 e. The SMILES string of the molecule is CCc1ccc(Cc2ccc(COC3CCCO3)cc2O[C@@H]2O[C@H](CO)[C@@H](OC)[C@H](O)[C@H]2O)cc1. The highest BCUT2D eigenvalue weighted by Crippen LogP contribution is 2.30. The Morgan fingerprint density at radius 3 is 2.40 bits per heavy atom. The van der Waals surface area contributed by atoms with Crippen LogP contribution in [0.25, 0.3) is 0 Å². The summed E-state index contributed by atoms with van der Waals surface area (Å²) in [6.45, 7) is 2.81. The fourth-order valence-corrected chi connectivity index (χ4v) is 4.49. The Kier molecular flexibility index (Phi) is 9.13. The molecule has 0 aliphatic carbocycles. The van der Waals surface area contributed by atoms with Crippen LogP contribution in [0.2, 0.25) is 0 Å². The zero-order valence-corrected chi connectivity index (χ0v) is 20.3. The fraction of sp³-hybridized carbons (Fsp3) is 0.556. The van der Waals surface area contributed by atoms with Gasteiger partial charge in [-0.15, -0.1) is 0 Å².